The van der Waals surface area contributed by atoms with Crippen molar-refractivity contribution >= 4 is 0 Å². The fraction of sp³-hybridized carbons (Fsp3) is 0.700. The van der Waals surface area contributed by atoms with Gasteiger partial charge in [0.05, 0.1) is 13.2 Å². The number of ether oxygens (including phenoxy) is 1. The first-order valence-corrected chi connectivity index (χ1v) is 4.94. The maximum Gasteiger partial charge on any atom is 0.120 e. The van der Waals surface area contributed by atoms with Crippen LogP contribution in [0.25, 0.3) is 0 Å². The first kappa shape index (κ1) is 11.2. The molecule has 14 heavy (non-hydrogen) atoms. The van der Waals surface area contributed by atoms with Crippen LogP contribution < -0.4 is 5.32 Å². The number of hydrogen-bond acceptors (Lipinski definition) is 3. The summed E-state index contributed by atoms with van der Waals surface area (Å²) in [6, 6.07) is 0.380. The summed E-state index contributed by atoms with van der Waals surface area (Å²) in [5, 5.41) is 3.40. The van der Waals surface area contributed by atoms with Crippen LogP contribution in [0, 0.1) is 5.92 Å². The lowest BCUT2D eigenvalue weighted by atomic mass is 10.1. The molecule has 1 rings (SSSR count). The first-order chi connectivity index (χ1) is 6.74. The van der Waals surface area contributed by atoms with Gasteiger partial charge < -0.3 is 15.0 Å². The summed E-state index contributed by atoms with van der Waals surface area (Å²) in [5.74, 6) is 1.52. The Balaban J connectivity index is 2.33. The Morgan fingerprint density at radius 2 is 2.36 bits per heavy atom. The van der Waals surface area contributed by atoms with Crippen molar-refractivity contribution < 1.29 is 4.74 Å². The van der Waals surface area contributed by atoms with Crippen LogP contribution in [0.2, 0.25) is 0 Å². The zero-order valence-corrected chi connectivity index (χ0v) is 9.08. The van der Waals surface area contributed by atoms with Crippen molar-refractivity contribution in [3.8, 4) is 0 Å². The van der Waals surface area contributed by atoms with E-state index in [1.54, 1.807) is 13.3 Å². The maximum atomic E-state index is 5.14. The van der Waals surface area contributed by atoms with Gasteiger partial charge >= 0.3 is 0 Å². The molecule has 1 atom stereocenters. The Hall–Kier alpha value is -0.870. The minimum atomic E-state index is 0.380. The standard InChI is InChI=1S/C10H19N3O/c1-8(2)9(7-14-3)13-6-10-11-4-5-12-10/h4-5,8-9,13H,6-7H2,1-3H3,(H,11,12). The highest BCUT2D eigenvalue weighted by molar-refractivity contribution is 4.87. The van der Waals surface area contributed by atoms with Crippen molar-refractivity contribution in [2.75, 3.05) is 13.7 Å². The summed E-state index contributed by atoms with van der Waals surface area (Å²) >= 11 is 0. The van der Waals surface area contributed by atoms with E-state index in [0.717, 1.165) is 19.0 Å². The average molecular weight is 197 g/mol. The van der Waals surface area contributed by atoms with Crippen LogP contribution in [0.15, 0.2) is 12.4 Å². The molecule has 0 spiro atoms. The number of methoxy groups -OCH3 is 1. The van der Waals surface area contributed by atoms with Gasteiger partial charge in [0.2, 0.25) is 0 Å². The molecule has 0 aliphatic rings. The molecule has 0 amide bonds. The highest BCUT2D eigenvalue weighted by Gasteiger charge is 2.12. The summed E-state index contributed by atoms with van der Waals surface area (Å²) in [6.45, 7) is 5.86. The Labute approximate surface area is 85.1 Å². The molecule has 0 fully saturated rings. The zero-order chi connectivity index (χ0) is 10.4. The second-order valence-corrected chi connectivity index (χ2v) is 3.72. The van der Waals surface area contributed by atoms with Crippen LogP contribution in [0.4, 0.5) is 0 Å². The molecule has 1 heterocycles. The van der Waals surface area contributed by atoms with Gasteiger partial charge in [0, 0.05) is 25.5 Å². The van der Waals surface area contributed by atoms with Crippen LogP contribution in [0.5, 0.6) is 0 Å². The number of aromatic nitrogens is 2. The molecule has 0 saturated carbocycles. The zero-order valence-electron chi connectivity index (χ0n) is 9.08. The van der Waals surface area contributed by atoms with Crippen LogP contribution >= 0.6 is 0 Å². The second kappa shape index (κ2) is 5.78. The normalized spacial score (nSPS) is 13.4. The topological polar surface area (TPSA) is 49.9 Å². The van der Waals surface area contributed by atoms with Gasteiger partial charge in [0.15, 0.2) is 0 Å². The summed E-state index contributed by atoms with van der Waals surface area (Å²) in [5.41, 5.74) is 0. The molecule has 0 saturated heterocycles. The van der Waals surface area contributed by atoms with Crippen molar-refractivity contribution in [1.82, 2.24) is 15.3 Å². The molecular weight excluding hydrogens is 178 g/mol. The molecule has 0 aliphatic heterocycles. The Morgan fingerprint density at radius 1 is 1.57 bits per heavy atom. The first-order valence-electron chi connectivity index (χ1n) is 4.94. The molecule has 1 aromatic rings. The minimum Gasteiger partial charge on any atom is -0.383 e. The quantitative estimate of drug-likeness (QED) is 0.719. The molecule has 1 aromatic heterocycles. The fourth-order valence-corrected chi connectivity index (χ4v) is 1.29. The molecular formula is C10H19N3O. The fourth-order valence-electron chi connectivity index (χ4n) is 1.29. The van der Waals surface area contributed by atoms with Crippen LogP contribution in [-0.2, 0) is 11.3 Å². The smallest absolute Gasteiger partial charge is 0.120 e. The summed E-state index contributed by atoms with van der Waals surface area (Å²) in [7, 11) is 1.73. The van der Waals surface area contributed by atoms with Gasteiger partial charge in [0.25, 0.3) is 0 Å². The van der Waals surface area contributed by atoms with Gasteiger partial charge in [0.1, 0.15) is 5.82 Å². The second-order valence-electron chi connectivity index (χ2n) is 3.72. The van der Waals surface area contributed by atoms with E-state index in [2.05, 4.69) is 29.1 Å². The Kier molecular flexibility index (Phi) is 4.62. The molecule has 0 bridgehead atoms. The molecule has 0 aromatic carbocycles. The molecule has 0 aliphatic carbocycles. The van der Waals surface area contributed by atoms with E-state index in [9.17, 15) is 0 Å². The van der Waals surface area contributed by atoms with E-state index in [1.807, 2.05) is 6.20 Å². The highest BCUT2D eigenvalue weighted by atomic mass is 16.5. The number of aromatic amines is 1. The van der Waals surface area contributed by atoms with Crippen molar-refractivity contribution in [2.45, 2.75) is 26.4 Å². The maximum absolute atomic E-state index is 5.14. The number of nitrogens with one attached hydrogen (secondary N) is 2. The van der Waals surface area contributed by atoms with Crippen LogP contribution in [0.1, 0.15) is 19.7 Å². The summed E-state index contributed by atoms with van der Waals surface area (Å²) in [6.07, 6.45) is 3.59. The average Bonchev–Trinajstić information content (AvgIpc) is 2.64. The third-order valence-corrected chi connectivity index (χ3v) is 2.24. The lowest BCUT2D eigenvalue weighted by Crippen LogP contribution is -2.37. The largest absolute Gasteiger partial charge is 0.383 e. The minimum absolute atomic E-state index is 0.380. The third kappa shape index (κ3) is 3.47. The molecule has 80 valence electrons. The monoisotopic (exact) mass is 197 g/mol. The predicted octanol–water partition coefficient (Wildman–Crippen LogP) is 1.17. The van der Waals surface area contributed by atoms with Crippen molar-refractivity contribution in [2.24, 2.45) is 5.92 Å². The number of imidazole rings is 1. The number of hydrogen-bond donors (Lipinski definition) is 2. The van der Waals surface area contributed by atoms with E-state index in [0.29, 0.717) is 12.0 Å². The predicted molar refractivity (Wildman–Crippen MR) is 55.9 cm³/mol. The Morgan fingerprint density at radius 3 is 2.86 bits per heavy atom. The highest BCUT2D eigenvalue weighted by Crippen LogP contribution is 2.02. The van der Waals surface area contributed by atoms with Gasteiger partial charge in [-0.1, -0.05) is 13.8 Å². The van der Waals surface area contributed by atoms with Gasteiger partial charge in [-0.3, -0.25) is 0 Å². The number of nitrogens with zero attached hydrogens (tertiary/aromatic N) is 1. The van der Waals surface area contributed by atoms with E-state index in [-0.39, 0.29) is 0 Å². The van der Waals surface area contributed by atoms with Crippen LogP contribution in [0.3, 0.4) is 0 Å². The molecule has 2 N–H and O–H groups in total. The molecule has 1 unspecified atom stereocenters. The van der Waals surface area contributed by atoms with Crippen molar-refractivity contribution in [1.29, 1.82) is 0 Å². The van der Waals surface area contributed by atoms with Crippen molar-refractivity contribution in [3.05, 3.63) is 18.2 Å². The van der Waals surface area contributed by atoms with Gasteiger partial charge in [-0.15, -0.1) is 0 Å². The SMILES string of the molecule is COCC(NCc1ncc[nH]1)C(C)C. The third-order valence-electron chi connectivity index (χ3n) is 2.24. The summed E-state index contributed by atoms with van der Waals surface area (Å²) in [4.78, 5) is 7.21. The van der Waals surface area contributed by atoms with E-state index < -0.39 is 0 Å². The Bertz CT molecular complexity index is 234. The van der Waals surface area contributed by atoms with Gasteiger partial charge in [-0.25, -0.2) is 4.98 Å². The van der Waals surface area contributed by atoms with Crippen LogP contribution in [-0.4, -0.2) is 29.7 Å². The van der Waals surface area contributed by atoms with Crippen molar-refractivity contribution in [3.63, 3.8) is 0 Å². The van der Waals surface area contributed by atoms with E-state index in [1.165, 1.54) is 0 Å². The van der Waals surface area contributed by atoms with E-state index in [4.69, 9.17) is 4.74 Å². The lowest BCUT2D eigenvalue weighted by molar-refractivity contribution is 0.146. The molecule has 0 radical (unpaired) electrons. The number of H-pyrrole nitrogens is 1. The lowest BCUT2D eigenvalue weighted by Gasteiger charge is -2.20. The molecule has 4 heteroatoms. The van der Waals surface area contributed by atoms with Gasteiger partial charge in [-0.05, 0) is 5.92 Å². The van der Waals surface area contributed by atoms with E-state index >= 15 is 0 Å². The van der Waals surface area contributed by atoms with Gasteiger partial charge in [-0.2, -0.15) is 0 Å². The summed E-state index contributed by atoms with van der Waals surface area (Å²) < 4.78 is 5.14. The molecule has 4 nitrogen and oxygen atoms in total. The number of rotatable bonds is 6.